The maximum Gasteiger partial charge on any atom is 0.132 e. The van der Waals surface area contributed by atoms with Crippen molar-refractivity contribution in [3.63, 3.8) is 0 Å². The Morgan fingerprint density at radius 1 is 0.579 bits per heavy atom. The highest BCUT2D eigenvalue weighted by molar-refractivity contribution is 5.78. The zero-order chi connectivity index (χ0) is 13.6. The van der Waals surface area contributed by atoms with E-state index < -0.39 is 0 Å². The zero-order valence-corrected chi connectivity index (χ0v) is 12.4. The first kappa shape index (κ1) is 16.2. The summed E-state index contributed by atoms with van der Waals surface area (Å²) in [7, 11) is 0. The number of rotatable bonds is 0. The van der Waals surface area contributed by atoms with E-state index in [1.165, 1.54) is 51.4 Å². The Labute approximate surface area is 119 Å². The van der Waals surface area contributed by atoms with Gasteiger partial charge in [-0.1, -0.05) is 62.8 Å². The van der Waals surface area contributed by atoms with Crippen molar-refractivity contribution in [1.29, 1.82) is 0 Å². The number of carbonyl (C=O) groups is 1. The van der Waals surface area contributed by atoms with E-state index in [1.807, 2.05) is 0 Å². The summed E-state index contributed by atoms with van der Waals surface area (Å²) < 4.78 is 0. The third-order valence-corrected chi connectivity index (χ3v) is 3.79. The van der Waals surface area contributed by atoms with Crippen LogP contribution in [0.1, 0.15) is 83.5 Å². The van der Waals surface area contributed by atoms with Crippen LogP contribution < -0.4 is 0 Å². The summed E-state index contributed by atoms with van der Waals surface area (Å²) >= 11 is 0. The average Bonchev–Trinajstić information content (AvgIpc) is 2.41. The van der Waals surface area contributed by atoms with Crippen molar-refractivity contribution in [2.24, 2.45) is 0 Å². The summed E-state index contributed by atoms with van der Waals surface area (Å²) in [5, 5.41) is 0. The van der Waals surface area contributed by atoms with Crippen molar-refractivity contribution in [1.82, 2.24) is 0 Å². The van der Waals surface area contributed by atoms with Crippen LogP contribution in [0.5, 0.6) is 0 Å². The summed E-state index contributed by atoms with van der Waals surface area (Å²) in [6.45, 7) is 0. The lowest BCUT2D eigenvalue weighted by atomic mass is 10.0. The molecule has 0 aromatic heterocycles. The number of allylic oxidation sites excluding steroid dienone is 4. The summed E-state index contributed by atoms with van der Waals surface area (Å²) in [6.07, 6.45) is 24.1. The molecule has 0 saturated heterocycles. The molecule has 19 heavy (non-hydrogen) atoms. The van der Waals surface area contributed by atoms with Gasteiger partial charge in [0.2, 0.25) is 0 Å². The smallest absolute Gasteiger partial charge is 0.132 e. The Hall–Kier alpha value is -0.850. The number of hydrogen-bond donors (Lipinski definition) is 0. The lowest BCUT2D eigenvalue weighted by Gasteiger charge is -2.02. The zero-order valence-electron chi connectivity index (χ0n) is 12.4. The molecular weight excluding hydrogens is 232 g/mol. The molecule has 0 aliphatic heterocycles. The first-order valence-electron chi connectivity index (χ1n) is 8.23. The van der Waals surface area contributed by atoms with E-state index in [4.69, 9.17) is 0 Å². The number of ketones is 1. The van der Waals surface area contributed by atoms with Crippen LogP contribution in [0.3, 0.4) is 0 Å². The standard InChI is InChI=1S/C18H30O/c19-18-16-14-12-10-8-6-4-2-1-3-5-7-9-11-13-15-17-18/h4,6,8,10H,1-3,5,7,9,11-17H2. The van der Waals surface area contributed by atoms with Crippen LogP contribution in [-0.4, -0.2) is 5.78 Å². The normalized spacial score (nSPS) is 21.8. The summed E-state index contributed by atoms with van der Waals surface area (Å²) in [4.78, 5) is 11.6. The molecule has 0 radical (unpaired) electrons. The fourth-order valence-corrected chi connectivity index (χ4v) is 2.54. The molecule has 0 spiro atoms. The van der Waals surface area contributed by atoms with Crippen LogP contribution in [0, 0.1) is 0 Å². The van der Waals surface area contributed by atoms with E-state index in [0.29, 0.717) is 5.78 Å². The molecule has 0 unspecified atom stereocenters. The Morgan fingerprint density at radius 3 is 1.74 bits per heavy atom. The van der Waals surface area contributed by atoms with Gasteiger partial charge in [-0.25, -0.2) is 0 Å². The fourth-order valence-electron chi connectivity index (χ4n) is 2.54. The molecule has 1 rings (SSSR count). The van der Waals surface area contributed by atoms with E-state index in [9.17, 15) is 4.79 Å². The van der Waals surface area contributed by atoms with E-state index >= 15 is 0 Å². The van der Waals surface area contributed by atoms with Crippen LogP contribution in [0.4, 0.5) is 0 Å². The van der Waals surface area contributed by atoms with Gasteiger partial charge < -0.3 is 0 Å². The van der Waals surface area contributed by atoms with Crippen LogP contribution in [0.15, 0.2) is 24.3 Å². The Morgan fingerprint density at radius 2 is 1.05 bits per heavy atom. The predicted molar refractivity (Wildman–Crippen MR) is 83.3 cm³/mol. The molecule has 0 fully saturated rings. The minimum absolute atomic E-state index is 0.463. The molecule has 0 N–H and O–H groups in total. The topological polar surface area (TPSA) is 17.1 Å². The molecule has 0 saturated carbocycles. The van der Waals surface area contributed by atoms with Gasteiger partial charge in [-0.3, -0.25) is 4.79 Å². The highest BCUT2D eigenvalue weighted by atomic mass is 16.1. The average molecular weight is 262 g/mol. The van der Waals surface area contributed by atoms with E-state index in [1.54, 1.807) is 0 Å². The summed E-state index contributed by atoms with van der Waals surface area (Å²) in [5.74, 6) is 0.463. The van der Waals surface area contributed by atoms with Crippen molar-refractivity contribution in [2.45, 2.75) is 83.5 Å². The minimum Gasteiger partial charge on any atom is -0.300 e. The third kappa shape index (κ3) is 10.7. The SMILES string of the molecule is O=C1CCCC=CC=CCCCCCCCCCC1. The summed E-state index contributed by atoms with van der Waals surface area (Å²) in [6, 6.07) is 0. The van der Waals surface area contributed by atoms with E-state index in [0.717, 1.165) is 32.1 Å². The van der Waals surface area contributed by atoms with Crippen molar-refractivity contribution in [3.8, 4) is 0 Å². The Balaban J connectivity index is 2.23. The molecule has 0 aromatic rings. The van der Waals surface area contributed by atoms with Crippen LogP contribution in [0.25, 0.3) is 0 Å². The van der Waals surface area contributed by atoms with Crippen LogP contribution in [-0.2, 0) is 4.79 Å². The Kier molecular flexibility index (Phi) is 10.4. The largest absolute Gasteiger partial charge is 0.300 e. The van der Waals surface area contributed by atoms with Gasteiger partial charge in [0.1, 0.15) is 5.78 Å². The summed E-state index contributed by atoms with van der Waals surface area (Å²) in [5.41, 5.74) is 0. The molecule has 0 amide bonds. The molecule has 0 atom stereocenters. The van der Waals surface area contributed by atoms with E-state index in [2.05, 4.69) is 24.3 Å². The monoisotopic (exact) mass is 262 g/mol. The maximum atomic E-state index is 11.6. The van der Waals surface area contributed by atoms with Crippen molar-refractivity contribution >= 4 is 5.78 Å². The predicted octanol–water partition coefficient (Wildman–Crippen LogP) is 5.75. The highest BCUT2D eigenvalue weighted by Crippen LogP contribution is 2.12. The van der Waals surface area contributed by atoms with Crippen molar-refractivity contribution in [2.75, 3.05) is 0 Å². The van der Waals surface area contributed by atoms with Gasteiger partial charge in [0, 0.05) is 12.8 Å². The van der Waals surface area contributed by atoms with E-state index in [-0.39, 0.29) is 0 Å². The van der Waals surface area contributed by atoms with Gasteiger partial charge in [0.25, 0.3) is 0 Å². The first-order valence-corrected chi connectivity index (χ1v) is 8.23. The van der Waals surface area contributed by atoms with Crippen molar-refractivity contribution < 1.29 is 4.79 Å². The third-order valence-electron chi connectivity index (χ3n) is 3.79. The molecule has 0 aromatic carbocycles. The lowest BCUT2D eigenvalue weighted by Crippen LogP contribution is -1.97. The second-order valence-electron chi connectivity index (χ2n) is 5.65. The second kappa shape index (κ2) is 12.2. The molecule has 108 valence electrons. The van der Waals surface area contributed by atoms with Gasteiger partial charge in [-0.2, -0.15) is 0 Å². The van der Waals surface area contributed by atoms with Crippen LogP contribution >= 0.6 is 0 Å². The Bertz CT molecular complexity index is 275. The molecule has 0 heterocycles. The number of carbonyl (C=O) groups excluding carboxylic acids is 1. The number of Topliss-reactive ketones (excluding diaryl/α,β-unsaturated/α-hetero) is 1. The second-order valence-corrected chi connectivity index (χ2v) is 5.65. The van der Waals surface area contributed by atoms with Gasteiger partial charge in [0.05, 0.1) is 0 Å². The molecule has 1 heteroatoms. The van der Waals surface area contributed by atoms with Gasteiger partial charge >= 0.3 is 0 Å². The molecule has 1 nitrogen and oxygen atoms in total. The van der Waals surface area contributed by atoms with Gasteiger partial charge in [-0.15, -0.1) is 0 Å². The molecule has 0 bridgehead atoms. The molecule has 1 aliphatic carbocycles. The van der Waals surface area contributed by atoms with Crippen molar-refractivity contribution in [3.05, 3.63) is 24.3 Å². The van der Waals surface area contributed by atoms with Gasteiger partial charge in [-0.05, 0) is 32.1 Å². The fraction of sp³-hybridized carbons (Fsp3) is 0.722. The quantitative estimate of drug-likeness (QED) is 0.543. The number of hydrogen-bond acceptors (Lipinski definition) is 1. The first-order chi connectivity index (χ1) is 9.39. The van der Waals surface area contributed by atoms with Gasteiger partial charge in [0.15, 0.2) is 0 Å². The molecular formula is C18H30O. The minimum atomic E-state index is 0.463. The maximum absolute atomic E-state index is 11.6. The lowest BCUT2D eigenvalue weighted by molar-refractivity contribution is -0.119. The molecule has 1 aliphatic rings. The highest BCUT2D eigenvalue weighted by Gasteiger charge is 2.01. The van der Waals surface area contributed by atoms with Crippen LogP contribution in [0.2, 0.25) is 0 Å².